The number of carbonyl (C=O) groups excluding carboxylic acids is 1. The summed E-state index contributed by atoms with van der Waals surface area (Å²) in [7, 11) is 1.75. The third-order valence-corrected chi connectivity index (χ3v) is 4.38. The summed E-state index contributed by atoms with van der Waals surface area (Å²) in [4.78, 5) is 19.9. The minimum Gasteiger partial charge on any atom is -0.472 e. The van der Waals surface area contributed by atoms with Crippen LogP contribution in [0.25, 0.3) is 10.2 Å². The van der Waals surface area contributed by atoms with Gasteiger partial charge in [-0.15, -0.1) is 11.3 Å². The third-order valence-electron chi connectivity index (χ3n) is 3.27. The summed E-state index contributed by atoms with van der Waals surface area (Å²) in [6, 6.07) is 5.65. The zero-order valence-corrected chi connectivity index (χ0v) is 12.6. The van der Waals surface area contributed by atoms with Crippen LogP contribution in [0.3, 0.4) is 0 Å². The zero-order chi connectivity index (χ0) is 15.0. The molecule has 0 aliphatic heterocycles. The Morgan fingerprint density at radius 3 is 2.95 bits per heavy atom. The van der Waals surface area contributed by atoms with Gasteiger partial charge in [0, 0.05) is 30.2 Å². The second-order valence-corrected chi connectivity index (χ2v) is 5.94. The van der Waals surface area contributed by atoms with E-state index in [1.54, 1.807) is 24.5 Å². The Balaban J connectivity index is 1.92. The van der Waals surface area contributed by atoms with Gasteiger partial charge in [-0.3, -0.25) is 4.79 Å². The van der Waals surface area contributed by atoms with Gasteiger partial charge in [0.05, 0.1) is 18.2 Å². The number of nitrogens with two attached hydrogens (primary N) is 1. The molecule has 21 heavy (non-hydrogen) atoms. The van der Waals surface area contributed by atoms with Crippen molar-refractivity contribution in [3.05, 3.63) is 46.9 Å². The summed E-state index contributed by atoms with van der Waals surface area (Å²) in [6.45, 7) is 2.40. The standard InChI is InChI=1S/C15H15N3O2S/c1-9-3-4-11-12(16)13(21-14(11)17-9)15(19)18(2)7-10-5-6-20-8-10/h3-6,8H,7,16H2,1-2H3. The van der Waals surface area contributed by atoms with Crippen molar-refractivity contribution in [2.45, 2.75) is 13.5 Å². The molecule has 2 N–H and O–H groups in total. The Morgan fingerprint density at radius 2 is 2.24 bits per heavy atom. The number of fused-ring (bicyclic) bond motifs is 1. The fourth-order valence-electron chi connectivity index (χ4n) is 2.15. The van der Waals surface area contributed by atoms with E-state index in [1.807, 2.05) is 25.1 Å². The molecule has 0 spiro atoms. The number of aromatic nitrogens is 1. The molecule has 5 nitrogen and oxygen atoms in total. The predicted octanol–water partition coefficient (Wildman–Crippen LogP) is 3.05. The van der Waals surface area contributed by atoms with E-state index < -0.39 is 0 Å². The lowest BCUT2D eigenvalue weighted by molar-refractivity contribution is 0.0790. The van der Waals surface area contributed by atoms with E-state index in [4.69, 9.17) is 10.2 Å². The van der Waals surface area contributed by atoms with E-state index >= 15 is 0 Å². The van der Waals surface area contributed by atoms with Crippen molar-refractivity contribution >= 4 is 33.1 Å². The van der Waals surface area contributed by atoms with Gasteiger partial charge in [-0.25, -0.2) is 4.98 Å². The van der Waals surface area contributed by atoms with Crippen LogP contribution in [-0.4, -0.2) is 22.8 Å². The van der Waals surface area contributed by atoms with Crippen LogP contribution in [0, 0.1) is 6.92 Å². The van der Waals surface area contributed by atoms with Crippen molar-refractivity contribution in [1.29, 1.82) is 0 Å². The van der Waals surface area contributed by atoms with Crippen LogP contribution in [0.15, 0.2) is 35.1 Å². The third kappa shape index (κ3) is 2.50. The summed E-state index contributed by atoms with van der Waals surface area (Å²) in [6.07, 6.45) is 3.22. The molecule has 0 aliphatic rings. The zero-order valence-electron chi connectivity index (χ0n) is 11.8. The fraction of sp³-hybridized carbons (Fsp3) is 0.200. The number of anilines is 1. The molecule has 3 aromatic rings. The average Bonchev–Trinajstić information content (AvgIpc) is 3.06. The molecule has 1 amide bonds. The lowest BCUT2D eigenvalue weighted by atomic mass is 10.2. The van der Waals surface area contributed by atoms with Gasteiger partial charge in [0.2, 0.25) is 0 Å². The molecule has 0 radical (unpaired) electrons. The van der Waals surface area contributed by atoms with E-state index in [-0.39, 0.29) is 5.91 Å². The number of pyridine rings is 1. The van der Waals surface area contributed by atoms with Gasteiger partial charge < -0.3 is 15.1 Å². The SMILES string of the molecule is Cc1ccc2c(N)c(C(=O)N(C)Cc3ccoc3)sc2n1. The van der Waals surface area contributed by atoms with E-state index in [0.29, 0.717) is 17.1 Å². The number of hydrogen-bond donors (Lipinski definition) is 1. The summed E-state index contributed by atoms with van der Waals surface area (Å²) >= 11 is 1.34. The molecule has 3 heterocycles. The first-order valence-corrected chi connectivity index (χ1v) is 7.30. The number of thiophene rings is 1. The molecule has 0 saturated carbocycles. The van der Waals surface area contributed by atoms with E-state index in [1.165, 1.54) is 11.3 Å². The lowest BCUT2D eigenvalue weighted by Crippen LogP contribution is -2.25. The fourth-order valence-corrected chi connectivity index (χ4v) is 3.28. The Hall–Kier alpha value is -2.34. The highest BCUT2D eigenvalue weighted by Gasteiger charge is 2.20. The maximum Gasteiger partial charge on any atom is 0.266 e. The molecular formula is C15H15N3O2S. The lowest BCUT2D eigenvalue weighted by Gasteiger charge is -2.15. The maximum absolute atomic E-state index is 12.5. The number of nitrogens with zero attached hydrogens (tertiary/aromatic N) is 2. The maximum atomic E-state index is 12.5. The molecule has 3 rings (SSSR count). The van der Waals surface area contributed by atoms with Crippen LogP contribution in [0.2, 0.25) is 0 Å². The number of nitrogen functional groups attached to an aromatic ring is 1. The summed E-state index contributed by atoms with van der Waals surface area (Å²) < 4.78 is 5.02. The highest BCUT2D eigenvalue weighted by Crippen LogP contribution is 2.33. The van der Waals surface area contributed by atoms with Crippen molar-refractivity contribution in [3.63, 3.8) is 0 Å². The van der Waals surface area contributed by atoms with Crippen molar-refractivity contribution in [3.8, 4) is 0 Å². The largest absolute Gasteiger partial charge is 0.472 e. The Bertz CT molecular complexity index is 793. The van der Waals surface area contributed by atoms with E-state index in [0.717, 1.165) is 21.5 Å². The Morgan fingerprint density at radius 1 is 1.43 bits per heavy atom. The van der Waals surface area contributed by atoms with Gasteiger partial charge in [0.25, 0.3) is 5.91 Å². The summed E-state index contributed by atoms with van der Waals surface area (Å²) in [5.41, 5.74) is 8.47. The molecule has 0 fully saturated rings. The predicted molar refractivity (Wildman–Crippen MR) is 83.3 cm³/mol. The van der Waals surface area contributed by atoms with Crippen LogP contribution >= 0.6 is 11.3 Å². The van der Waals surface area contributed by atoms with Crippen LogP contribution in [0.1, 0.15) is 20.9 Å². The van der Waals surface area contributed by atoms with Gasteiger partial charge in [0.15, 0.2) is 0 Å². The molecule has 3 aromatic heterocycles. The number of carbonyl (C=O) groups is 1. The minimum absolute atomic E-state index is 0.102. The highest BCUT2D eigenvalue weighted by atomic mass is 32.1. The first-order chi connectivity index (χ1) is 10.1. The minimum atomic E-state index is -0.102. The van der Waals surface area contributed by atoms with Crippen LogP contribution in [-0.2, 0) is 6.54 Å². The number of furan rings is 1. The molecular weight excluding hydrogens is 286 g/mol. The highest BCUT2D eigenvalue weighted by molar-refractivity contribution is 7.21. The monoisotopic (exact) mass is 301 g/mol. The van der Waals surface area contributed by atoms with Crippen molar-refractivity contribution in [2.75, 3.05) is 12.8 Å². The smallest absolute Gasteiger partial charge is 0.266 e. The number of aryl methyl sites for hydroxylation is 1. The van der Waals surface area contributed by atoms with Crippen molar-refractivity contribution < 1.29 is 9.21 Å². The van der Waals surface area contributed by atoms with Crippen molar-refractivity contribution in [2.24, 2.45) is 0 Å². The van der Waals surface area contributed by atoms with Gasteiger partial charge in [0.1, 0.15) is 9.71 Å². The first-order valence-electron chi connectivity index (χ1n) is 6.48. The van der Waals surface area contributed by atoms with Crippen LogP contribution < -0.4 is 5.73 Å². The molecule has 108 valence electrons. The van der Waals surface area contributed by atoms with Crippen LogP contribution in [0.4, 0.5) is 5.69 Å². The Kier molecular flexibility index (Phi) is 3.39. The van der Waals surface area contributed by atoms with E-state index in [2.05, 4.69) is 4.98 Å². The van der Waals surface area contributed by atoms with Gasteiger partial charge in [-0.2, -0.15) is 0 Å². The van der Waals surface area contributed by atoms with Crippen molar-refractivity contribution in [1.82, 2.24) is 9.88 Å². The molecule has 0 aliphatic carbocycles. The normalized spacial score (nSPS) is 11.0. The van der Waals surface area contributed by atoms with E-state index in [9.17, 15) is 4.79 Å². The number of rotatable bonds is 3. The molecule has 0 aromatic carbocycles. The molecule has 0 unspecified atom stereocenters. The second-order valence-electron chi connectivity index (χ2n) is 4.94. The summed E-state index contributed by atoms with van der Waals surface area (Å²) in [5.74, 6) is -0.102. The van der Waals surface area contributed by atoms with Gasteiger partial charge in [-0.05, 0) is 25.1 Å². The summed E-state index contributed by atoms with van der Waals surface area (Å²) in [5, 5.41) is 0.839. The van der Waals surface area contributed by atoms with Crippen LogP contribution in [0.5, 0.6) is 0 Å². The molecule has 0 saturated heterocycles. The molecule has 0 atom stereocenters. The average molecular weight is 301 g/mol. The molecule has 0 bridgehead atoms. The quantitative estimate of drug-likeness (QED) is 0.807. The molecule has 6 heteroatoms. The van der Waals surface area contributed by atoms with Gasteiger partial charge >= 0.3 is 0 Å². The van der Waals surface area contributed by atoms with Gasteiger partial charge in [-0.1, -0.05) is 0 Å². The number of hydrogen-bond acceptors (Lipinski definition) is 5. The topological polar surface area (TPSA) is 72.4 Å². The Labute approximate surface area is 126 Å². The second kappa shape index (κ2) is 5.21. The first kappa shape index (κ1) is 13.6. The number of amides is 1.